The predicted molar refractivity (Wildman–Crippen MR) is 73.3 cm³/mol. The minimum Gasteiger partial charge on any atom is -0.349 e. The Morgan fingerprint density at radius 2 is 2.30 bits per heavy atom. The molecule has 0 atom stereocenters. The molecule has 20 heavy (non-hydrogen) atoms. The van der Waals surface area contributed by atoms with E-state index >= 15 is 0 Å². The lowest BCUT2D eigenvalue weighted by molar-refractivity contribution is 0.580. The fraction of sp³-hybridized carbons (Fsp3) is 0.455. The van der Waals surface area contributed by atoms with Gasteiger partial charge in [0.25, 0.3) is 0 Å². The van der Waals surface area contributed by atoms with E-state index in [4.69, 9.17) is 5.73 Å². The number of hydrogen-bond acceptors (Lipinski definition) is 5. The minimum absolute atomic E-state index is 0.234. The lowest BCUT2D eigenvalue weighted by Gasteiger charge is -2.03. The highest BCUT2D eigenvalue weighted by Crippen LogP contribution is 2.14. The molecular weight excluding hydrogens is 280 g/mol. The van der Waals surface area contributed by atoms with Crippen LogP contribution in [0, 0.1) is 0 Å². The highest BCUT2D eigenvalue weighted by molar-refractivity contribution is 7.89. The number of rotatable bonds is 7. The van der Waals surface area contributed by atoms with Gasteiger partial charge in [0, 0.05) is 37.9 Å². The Morgan fingerprint density at radius 1 is 1.50 bits per heavy atom. The zero-order chi connectivity index (χ0) is 14.6. The van der Waals surface area contributed by atoms with Gasteiger partial charge < -0.3 is 10.3 Å². The van der Waals surface area contributed by atoms with Crippen LogP contribution in [0.3, 0.4) is 0 Å². The van der Waals surface area contributed by atoms with E-state index in [2.05, 4.69) is 19.9 Å². The van der Waals surface area contributed by atoms with Gasteiger partial charge in [0.1, 0.15) is 12.2 Å². The molecule has 0 saturated heterocycles. The number of aryl methyl sites for hydroxylation is 1. The first-order valence-corrected chi connectivity index (χ1v) is 7.78. The molecule has 9 heteroatoms. The standard InChI is InChI=1S/C11H18N6O2S/c1-2-17-7-10(5-9(17)6-12)20(18,19)15-4-3-11-13-8-14-16-11/h5,7-8,15H,2-4,6,12H2,1H3,(H,13,14,16). The number of aromatic nitrogens is 4. The highest BCUT2D eigenvalue weighted by Gasteiger charge is 2.17. The maximum atomic E-state index is 12.1. The monoisotopic (exact) mass is 298 g/mol. The smallest absolute Gasteiger partial charge is 0.242 e. The first kappa shape index (κ1) is 14.7. The van der Waals surface area contributed by atoms with Gasteiger partial charge in [0.05, 0.1) is 4.90 Å². The minimum atomic E-state index is -3.52. The Balaban J connectivity index is 2.04. The van der Waals surface area contributed by atoms with Crippen LogP contribution in [0.2, 0.25) is 0 Å². The summed E-state index contributed by atoms with van der Waals surface area (Å²) in [6.45, 7) is 3.18. The van der Waals surface area contributed by atoms with Crippen LogP contribution < -0.4 is 10.5 Å². The summed E-state index contributed by atoms with van der Waals surface area (Å²) in [5.74, 6) is 0.640. The Kier molecular flexibility index (Phi) is 4.53. The third-order valence-electron chi connectivity index (χ3n) is 2.94. The first-order valence-electron chi connectivity index (χ1n) is 6.30. The van der Waals surface area contributed by atoms with E-state index in [9.17, 15) is 8.42 Å². The van der Waals surface area contributed by atoms with Gasteiger partial charge in [-0.1, -0.05) is 0 Å². The van der Waals surface area contributed by atoms with Crippen molar-refractivity contribution in [3.05, 3.63) is 30.1 Å². The summed E-state index contributed by atoms with van der Waals surface area (Å²) in [7, 11) is -3.52. The van der Waals surface area contributed by atoms with Gasteiger partial charge in [-0.25, -0.2) is 18.1 Å². The van der Waals surface area contributed by atoms with Gasteiger partial charge in [-0.2, -0.15) is 5.10 Å². The summed E-state index contributed by atoms with van der Waals surface area (Å²) in [5.41, 5.74) is 6.39. The third kappa shape index (κ3) is 3.24. The molecule has 110 valence electrons. The number of nitrogens with zero attached hydrogens (tertiary/aromatic N) is 3. The SMILES string of the molecule is CCn1cc(S(=O)(=O)NCCc2ncn[nH]2)cc1CN. The van der Waals surface area contributed by atoms with E-state index in [1.807, 2.05) is 11.5 Å². The summed E-state index contributed by atoms with van der Waals surface area (Å²) < 4.78 is 28.7. The summed E-state index contributed by atoms with van der Waals surface area (Å²) in [4.78, 5) is 4.16. The number of nitrogens with one attached hydrogen (secondary N) is 2. The molecule has 0 radical (unpaired) electrons. The number of hydrogen-bond donors (Lipinski definition) is 3. The van der Waals surface area contributed by atoms with E-state index in [0.29, 0.717) is 25.3 Å². The molecule has 8 nitrogen and oxygen atoms in total. The fourth-order valence-corrected chi connectivity index (χ4v) is 2.97. The van der Waals surface area contributed by atoms with E-state index in [0.717, 1.165) is 5.69 Å². The van der Waals surface area contributed by atoms with Gasteiger partial charge in [-0.15, -0.1) is 0 Å². The molecule has 0 amide bonds. The van der Waals surface area contributed by atoms with E-state index in [-0.39, 0.29) is 11.4 Å². The van der Waals surface area contributed by atoms with Crippen molar-refractivity contribution >= 4 is 10.0 Å². The number of sulfonamides is 1. The van der Waals surface area contributed by atoms with Crippen LogP contribution in [-0.2, 0) is 29.5 Å². The van der Waals surface area contributed by atoms with Crippen molar-refractivity contribution in [2.75, 3.05) is 6.54 Å². The molecule has 0 aromatic carbocycles. The average molecular weight is 298 g/mol. The molecule has 0 bridgehead atoms. The zero-order valence-electron chi connectivity index (χ0n) is 11.2. The van der Waals surface area contributed by atoms with Gasteiger partial charge in [-0.05, 0) is 13.0 Å². The second kappa shape index (κ2) is 6.16. The number of nitrogens with two attached hydrogens (primary N) is 1. The van der Waals surface area contributed by atoms with Crippen molar-refractivity contribution in [1.29, 1.82) is 0 Å². The third-order valence-corrected chi connectivity index (χ3v) is 4.37. The molecule has 0 fully saturated rings. The van der Waals surface area contributed by atoms with Crippen molar-refractivity contribution in [2.24, 2.45) is 5.73 Å². The van der Waals surface area contributed by atoms with E-state index in [1.165, 1.54) is 6.33 Å². The van der Waals surface area contributed by atoms with Gasteiger partial charge >= 0.3 is 0 Å². The molecule has 4 N–H and O–H groups in total. The summed E-state index contributed by atoms with van der Waals surface area (Å²) in [6.07, 6.45) is 3.44. The van der Waals surface area contributed by atoms with Crippen molar-refractivity contribution in [3.8, 4) is 0 Å². The Hall–Kier alpha value is -1.71. The van der Waals surface area contributed by atoms with Gasteiger partial charge in [0.15, 0.2) is 0 Å². The Bertz CT molecular complexity index is 625. The molecule has 2 aromatic rings. The van der Waals surface area contributed by atoms with Gasteiger partial charge in [0.2, 0.25) is 10.0 Å². The molecule has 0 aliphatic heterocycles. The average Bonchev–Trinajstić information content (AvgIpc) is 3.07. The van der Waals surface area contributed by atoms with Crippen LogP contribution >= 0.6 is 0 Å². The second-order valence-corrected chi connectivity index (χ2v) is 6.00. The Labute approximate surface area is 117 Å². The van der Waals surface area contributed by atoms with E-state index in [1.54, 1.807) is 12.3 Å². The predicted octanol–water partition coefficient (Wildman–Crippen LogP) is -0.394. The second-order valence-electron chi connectivity index (χ2n) is 4.24. The molecule has 0 aliphatic rings. The molecule has 0 spiro atoms. The molecule has 0 unspecified atom stereocenters. The van der Waals surface area contributed by atoms with Crippen molar-refractivity contribution in [1.82, 2.24) is 24.5 Å². The largest absolute Gasteiger partial charge is 0.349 e. The molecule has 2 heterocycles. The lowest BCUT2D eigenvalue weighted by Crippen LogP contribution is -2.26. The topological polar surface area (TPSA) is 119 Å². The lowest BCUT2D eigenvalue weighted by atomic mass is 10.4. The van der Waals surface area contributed by atoms with Crippen LogP contribution in [0.4, 0.5) is 0 Å². The van der Waals surface area contributed by atoms with Crippen LogP contribution in [0.15, 0.2) is 23.5 Å². The van der Waals surface area contributed by atoms with Gasteiger partial charge in [-0.3, -0.25) is 5.10 Å². The molecular formula is C11H18N6O2S. The maximum Gasteiger partial charge on any atom is 0.242 e. The summed E-state index contributed by atoms with van der Waals surface area (Å²) >= 11 is 0. The maximum absolute atomic E-state index is 12.1. The summed E-state index contributed by atoms with van der Waals surface area (Å²) in [6, 6.07) is 1.60. The van der Waals surface area contributed by atoms with Crippen LogP contribution in [0.5, 0.6) is 0 Å². The molecule has 2 aromatic heterocycles. The van der Waals surface area contributed by atoms with Crippen LogP contribution in [-0.4, -0.2) is 34.7 Å². The quantitative estimate of drug-likeness (QED) is 0.643. The molecule has 2 rings (SSSR count). The number of H-pyrrole nitrogens is 1. The van der Waals surface area contributed by atoms with Crippen LogP contribution in [0.1, 0.15) is 18.4 Å². The Morgan fingerprint density at radius 3 is 2.85 bits per heavy atom. The van der Waals surface area contributed by atoms with E-state index < -0.39 is 10.0 Å². The highest BCUT2D eigenvalue weighted by atomic mass is 32.2. The number of aromatic amines is 1. The van der Waals surface area contributed by atoms with Crippen LogP contribution in [0.25, 0.3) is 0 Å². The molecule has 0 aliphatic carbocycles. The normalized spacial score (nSPS) is 11.9. The zero-order valence-corrected chi connectivity index (χ0v) is 12.0. The van der Waals surface area contributed by atoms with Crippen molar-refractivity contribution in [2.45, 2.75) is 31.3 Å². The van der Waals surface area contributed by atoms with Crippen molar-refractivity contribution in [3.63, 3.8) is 0 Å². The first-order chi connectivity index (χ1) is 9.56. The molecule has 0 saturated carbocycles. The van der Waals surface area contributed by atoms with Crippen molar-refractivity contribution < 1.29 is 8.42 Å². The fourth-order valence-electron chi connectivity index (χ4n) is 1.88. The summed E-state index contributed by atoms with van der Waals surface area (Å²) in [5, 5.41) is 6.38.